The van der Waals surface area contributed by atoms with Crippen LogP contribution >= 0.6 is 0 Å². The van der Waals surface area contributed by atoms with Gasteiger partial charge in [0.2, 0.25) is 11.9 Å². The fourth-order valence-corrected chi connectivity index (χ4v) is 6.69. The van der Waals surface area contributed by atoms with Gasteiger partial charge in [0.15, 0.2) is 0 Å². The van der Waals surface area contributed by atoms with Crippen molar-refractivity contribution in [3.05, 3.63) is 0 Å². The maximum absolute atomic E-state index is 13.8. The Hall–Kier alpha value is -2.38. The number of aliphatic imine (C=N–C) groups is 1. The van der Waals surface area contributed by atoms with E-state index in [2.05, 4.69) is 31.4 Å². The molecule has 0 bridgehead atoms. The molecule has 0 unspecified atom stereocenters. The molecule has 39 heavy (non-hydrogen) atoms. The van der Waals surface area contributed by atoms with E-state index in [0.29, 0.717) is 37.2 Å². The normalized spacial score (nSPS) is 24.6. The summed E-state index contributed by atoms with van der Waals surface area (Å²) < 4.78 is 5.21. The minimum absolute atomic E-state index is 0.207. The second-order valence-electron chi connectivity index (χ2n) is 12.0. The molecule has 0 aromatic carbocycles. The minimum atomic E-state index is -0.868. The van der Waals surface area contributed by atoms with E-state index >= 15 is 0 Å². The molecule has 0 aromatic heterocycles. The maximum Gasteiger partial charge on any atom is 0.413 e. The number of rotatable bonds is 7. The van der Waals surface area contributed by atoms with Crippen molar-refractivity contribution in [3.63, 3.8) is 0 Å². The lowest BCUT2D eigenvalue weighted by atomic mass is 9.84. The number of likely N-dealkylation sites (tertiary alicyclic amines) is 3. The van der Waals surface area contributed by atoms with Crippen LogP contribution in [-0.4, -0.2) is 103 Å². The highest BCUT2D eigenvalue weighted by Gasteiger charge is 2.38. The topological polar surface area (TPSA) is 113 Å². The molecule has 3 aliphatic heterocycles. The van der Waals surface area contributed by atoms with Crippen molar-refractivity contribution in [1.29, 1.82) is 5.26 Å². The lowest BCUT2D eigenvalue weighted by Gasteiger charge is -2.39. The number of hydrogen-bond acceptors (Lipinski definition) is 7. The molecule has 2 amide bonds. The number of ether oxygens (including phenoxy) is 1. The molecule has 4 fully saturated rings. The number of alkyl carbamates (subject to hydrolysis) is 1. The van der Waals surface area contributed by atoms with Gasteiger partial charge >= 0.3 is 6.09 Å². The smallest absolute Gasteiger partial charge is 0.413 e. The van der Waals surface area contributed by atoms with Crippen LogP contribution in [0.3, 0.4) is 0 Å². The Labute approximate surface area is 234 Å². The Morgan fingerprint density at radius 2 is 1.67 bits per heavy atom. The van der Waals surface area contributed by atoms with Crippen LogP contribution in [0.25, 0.3) is 0 Å². The van der Waals surface area contributed by atoms with Gasteiger partial charge < -0.3 is 24.8 Å². The van der Waals surface area contributed by atoms with Crippen molar-refractivity contribution in [2.75, 3.05) is 52.9 Å². The molecule has 10 nitrogen and oxygen atoms in total. The highest BCUT2D eigenvalue weighted by atomic mass is 16.5. The molecule has 218 valence electrons. The summed E-state index contributed by atoms with van der Waals surface area (Å²) in [5.41, 5.74) is -0.868. The molecular weight excluding hydrogens is 494 g/mol. The van der Waals surface area contributed by atoms with Crippen LogP contribution in [0.4, 0.5) is 4.79 Å². The molecular formula is C29H49N7O3. The van der Waals surface area contributed by atoms with Crippen molar-refractivity contribution in [3.8, 4) is 6.07 Å². The molecule has 0 aromatic rings. The van der Waals surface area contributed by atoms with E-state index in [0.717, 1.165) is 51.9 Å². The van der Waals surface area contributed by atoms with E-state index in [1.807, 2.05) is 7.05 Å². The quantitative estimate of drug-likeness (QED) is 0.375. The van der Waals surface area contributed by atoms with Crippen LogP contribution in [0.2, 0.25) is 0 Å². The Balaban J connectivity index is 1.53. The molecule has 0 spiro atoms. The first-order chi connectivity index (χ1) is 18.9. The largest absolute Gasteiger partial charge is 0.450 e. The lowest BCUT2D eigenvalue weighted by molar-refractivity contribution is -0.124. The van der Waals surface area contributed by atoms with Gasteiger partial charge in [-0.15, -0.1) is 0 Å². The molecule has 1 saturated carbocycles. The van der Waals surface area contributed by atoms with Gasteiger partial charge in [0.1, 0.15) is 11.6 Å². The van der Waals surface area contributed by atoms with E-state index in [1.165, 1.54) is 45.2 Å². The number of guanidine groups is 1. The molecule has 4 aliphatic rings. The second kappa shape index (κ2) is 14.3. The van der Waals surface area contributed by atoms with E-state index in [-0.39, 0.29) is 12.5 Å². The molecule has 10 heteroatoms. The van der Waals surface area contributed by atoms with Crippen molar-refractivity contribution in [2.45, 2.75) is 102 Å². The zero-order valence-electron chi connectivity index (χ0n) is 24.1. The van der Waals surface area contributed by atoms with Gasteiger partial charge in [0.05, 0.1) is 12.7 Å². The van der Waals surface area contributed by atoms with E-state index < -0.39 is 17.7 Å². The van der Waals surface area contributed by atoms with Crippen molar-refractivity contribution in [1.82, 2.24) is 25.3 Å². The predicted molar refractivity (Wildman–Crippen MR) is 151 cm³/mol. The third kappa shape index (κ3) is 8.31. The number of carbonyl (C=O) groups excluding carboxylic acids is 2. The summed E-state index contributed by atoms with van der Waals surface area (Å²) in [5, 5.41) is 16.1. The molecule has 1 aliphatic carbocycles. The van der Waals surface area contributed by atoms with Crippen molar-refractivity contribution >= 4 is 18.0 Å². The van der Waals surface area contributed by atoms with Gasteiger partial charge in [0.25, 0.3) is 0 Å². The molecule has 0 radical (unpaired) electrons. The first kappa shape index (κ1) is 29.6. The van der Waals surface area contributed by atoms with Crippen molar-refractivity contribution < 1.29 is 14.3 Å². The Kier molecular flexibility index (Phi) is 10.9. The van der Waals surface area contributed by atoms with Crippen LogP contribution in [-0.2, 0) is 9.53 Å². The van der Waals surface area contributed by atoms with E-state index in [9.17, 15) is 14.9 Å². The summed E-state index contributed by atoms with van der Waals surface area (Å²) >= 11 is 0. The Morgan fingerprint density at radius 3 is 2.28 bits per heavy atom. The number of piperidine rings is 2. The second-order valence-corrected chi connectivity index (χ2v) is 12.0. The number of nitrogens with one attached hydrogen (secondary N) is 2. The Morgan fingerprint density at radius 1 is 1.00 bits per heavy atom. The number of nitriles is 1. The van der Waals surface area contributed by atoms with Crippen LogP contribution in [0.1, 0.15) is 84.0 Å². The highest BCUT2D eigenvalue weighted by molar-refractivity contribution is 5.96. The number of hydrogen-bond donors (Lipinski definition) is 2. The Bertz CT molecular complexity index is 876. The maximum atomic E-state index is 13.8. The van der Waals surface area contributed by atoms with Gasteiger partial charge in [-0.3, -0.25) is 10.1 Å². The molecule has 2 N–H and O–H groups in total. The summed E-state index contributed by atoms with van der Waals surface area (Å²) in [6.07, 6.45) is 11.6. The van der Waals surface area contributed by atoms with E-state index in [4.69, 9.17) is 9.73 Å². The highest BCUT2D eigenvalue weighted by Crippen LogP contribution is 2.29. The van der Waals surface area contributed by atoms with Crippen molar-refractivity contribution in [2.24, 2.45) is 10.9 Å². The summed E-state index contributed by atoms with van der Waals surface area (Å²) in [6, 6.07) is 2.32. The standard InChI is InChI=1S/C29H49N7O3/c1-3-39-28(38)32-27(36-17-11-24(12-18-36)35-15-7-8-16-35)31-25(21-23-9-5-4-6-10-23)26(37)33-29(22-30)13-19-34(2)20-14-29/h23-25H,3-21H2,1-2H3,(H,33,37)(H,31,32,38)/t25-/m0/s1. The third-order valence-corrected chi connectivity index (χ3v) is 9.19. The fraction of sp³-hybridized carbons (Fsp3) is 0.862. The van der Waals surface area contributed by atoms with Gasteiger partial charge in [-0.2, -0.15) is 5.26 Å². The van der Waals surface area contributed by atoms with Crippen LogP contribution in [0.15, 0.2) is 4.99 Å². The molecule has 3 saturated heterocycles. The zero-order valence-corrected chi connectivity index (χ0v) is 24.1. The van der Waals surface area contributed by atoms with E-state index in [1.54, 1.807) is 6.92 Å². The van der Waals surface area contributed by atoms with Crippen LogP contribution in [0.5, 0.6) is 0 Å². The van der Waals surface area contributed by atoms with Gasteiger partial charge in [0, 0.05) is 32.2 Å². The average Bonchev–Trinajstić information content (AvgIpc) is 3.50. The van der Waals surface area contributed by atoms with Gasteiger partial charge in [-0.1, -0.05) is 32.1 Å². The molecule has 1 atom stereocenters. The van der Waals surface area contributed by atoms with Gasteiger partial charge in [-0.25, -0.2) is 9.79 Å². The first-order valence-electron chi connectivity index (χ1n) is 15.3. The monoisotopic (exact) mass is 543 g/mol. The lowest BCUT2D eigenvalue weighted by Crippen LogP contribution is -2.56. The average molecular weight is 544 g/mol. The number of amides is 2. The summed E-state index contributed by atoms with van der Waals surface area (Å²) in [5.74, 6) is 0.638. The first-order valence-corrected chi connectivity index (χ1v) is 15.3. The summed E-state index contributed by atoms with van der Waals surface area (Å²) in [6.45, 7) is 7.48. The summed E-state index contributed by atoms with van der Waals surface area (Å²) in [7, 11) is 2.04. The van der Waals surface area contributed by atoms with Crippen LogP contribution in [0, 0.1) is 17.2 Å². The van der Waals surface area contributed by atoms with Crippen LogP contribution < -0.4 is 10.6 Å². The third-order valence-electron chi connectivity index (χ3n) is 9.19. The minimum Gasteiger partial charge on any atom is -0.450 e. The number of carbonyl (C=O) groups is 2. The van der Waals surface area contributed by atoms with Gasteiger partial charge in [-0.05, 0) is 77.9 Å². The zero-order chi connectivity index (χ0) is 27.7. The molecule has 3 heterocycles. The SMILES string of the molecule is CCOC(=O)NC(=N[C@@H](CC1CCCCC1)C(=O)NC1(C#N)CCN(C)CC1)N1CCC(N2CCCC2)CC1. The summed E-state index contributed by atoms with van der Waals surface area (Å²) in [4.78, 5) is 38.3. The number of nitrogens with zero attached hydrogens (tertiary/aromatic N) is 5. The fourth-order valence-electron chi connectivity index (χ4n) is 6.69. The molecule has 4 rings (SSSR count). The predicted octanol–water partition coefficient (Wildman–Crippen LogP) is 3.09.